The predicted octanol–water partition coefficient (Wildman–Crippen LogP) is 2.31. The number of fused-ring (bicyclic) bond motifs is 1. The van der Waals surface area contributed by atoms with Gasteiger partial charge in [0.15, 0.2) is 0 Å². The zero-order valence-electron chi connectivity index (χ0n) is 9.67. The fourth-order valence-corrected chi connectivity index (χ4v) is 2.35. The molecule has 1 heterocycles. The minimum atomic E-state index is 0.831. The maximum atomic E-state index is 5.70. The van der Waals surface area contributed by atoms with E-state index in [2.05, 4.69) is 23.5 Å². The molecule has 2 aliphatic rings. The second-order valence-corrected chi connectivity index (χ2v) is 4.84. The van der Waals surface area contributed by atoms with Crippen LogP contribution >= 0.6 is 0 Å². The lowest BCUT2D eigenvalue weighted by atomic mass is 10.0. The largest absolute Gasteiger partial charge is 0.493 e. The molecule has 3 rings (SSSR count). The second-order valence-electron chi connectivity index (χ2n) is 4.84. The Morgan fingerprint density at radius 2 is 2.25 bits per heavy atom. The van der Waals surface area contributed by atoms with E-state index in [1.54, 1.807) is 0 Å². The summed E-state index contributed by atoms with van der Waals surface area (Å²) >= 11 is 0. The zero-order valence-corrected chi connectivity index (χ0v) is 9.67. The smallest absolute Gasteiger partial charge is 0.125 e. The number of aryl methyl sites for hydroxylation is 1. The molecule has 0 saturated heterocycles. The minimum Gasteiger partial charge on any atom is -0.493 e. The highest BCUT2D eigenvalue weighted by molar-refractivity contribution is 5.43. The van der Waals surface area contributed by atoms with Crippen LogP contribution in [-0.2, 0) is 12.8 Å². The van der Waals surface area contributed by atoms with Crippen molar-refractivity contribution in [3.63, 3.8) is 0 Å². The van der Waals surface area contributed by atoms with Gasteiger partial charge in [-0.2, -0.15) is 0 Å². The van der Waals surface area contributed by atoms with Gasteiger partial charge in [-0.25, -0.2) is 0 Å². The quantitative estimate of drug-likeness (QED) is 0.764. The third-order valence-corrected chi connectivity index (χ3v) is 3.43. The SMILES string of the molecule is c1cc(CCCNC2CC2)c2c(c1)CCO2. The molecule has 86 valence electrons. The topological polar surface area (TPSA) is 21.3 Å². The Bertz CT molecular complexity index is 371. The van der Waals surface area contributed by atoms with Crippen molar-refractivity contribution in [2.24, 2.45) is 0 Å². The third kappa shape index (κ3) is 2.22. The van der Waals surface area contributed by atoms with Crippen LogP contribution in [0.3, 0.4) is 0 Å². The lowest BCUT2D eigenvalue weighted by Crippen LogP contribution is -2.17. The molecular formula is C14H19NO. The van der Waals surface area contributed by atoms with E-state index in [0.717, 1.165) is 32.0 Å². The molecule has 1 N–H and O–H groups in total. The first kappa shape index (κ1) is 10.2. The Morgan fingerprint density at radius 3 is 3.12 bits per heavy atom. The number of hydrogen-bond donors (Lipinski definition) is 1. The lowest BCUT2D eigenvalue weighted by Gasteiger charge is -2.08. The van der Waals surface area contributed by atoms with Crippen LogP contribution in [0.4, 0.5) is 0 Å². The highest BCUT2D eigenvalue weighted by Gasteiger charge is 2.20. The van der Waals surface area contributed by atoms with Gasteiger partial charge < -0.3 is 10.1 Å². The van der Waals surface area contributed by atoms with E-state index in [1.807, 2.05) is 0 Å². The molecule has 1 aliphatic heterocycles. The van der Waals surface area contributed by atoms with E-state index < -0.39 is 0 Å². The van der Waals surface area contributed by atoms with Crippen LogP contribution in [0, 0.1) is 0 Å². The summed E-state index contributed by atoms with van der Waals surface area (Å²) in [4.78, 5) is 0. The molecular weight excluding hydrogens is 198 g/mol. The summed E-state index contributed by atoms with van der Waals surface area (Å²) in [7, 11) is 0. The van der Waals surface area contributed by atoms with Crippen molar-refractivity contribution in [1.29, 1.82) is 0 Å². The van der Waals surface area contributed by atoms with Gasteiger partial charge in [-0.05, 0) is 43.4 Å². The lowest BCUT2D eigenvalue weighted by molar-refractivity contribution is 0.353. The van der Waals surface area contributed by atoms with E-state index in [0.29, 0.717) is 0 Å². The summed E-state index contributed by atoms with van der Waals surface area (Å²) in [6.07, 6.45) is 6.20. The number of para-hydroxylation sites is 1. The molecule has 1 aromatic carbocycles. The first-order chi connectivity index (χ1) is 7.93. The van der Waals surface area contributed by atoms with Crippen molar-refractivity contribution in [2.75, 3.05) is 13.2 Å². The van der Waals surface area contributed by atoms with Crippen LogP contribution in [0.15, 0.2) is 18.2 Å². The Balaban J connectivity index is 1.55. The maximum absolute atomic E-state index is 5.70. The standard InChI is InChI=1S/C14H19NO/c1-3-11(5-2-9-15-13-6-7-13)14-12(4-1)8-10-16-14/h1,3-4,13,15H,2,5-10H2. The van der Waals surface area contributed by atoms with Gasteiger partial charge in [0.05, 0.1) is 6.61 Å². The Hall–Kier alpha value is -1.02. The van der Waals surface area contributed by atoms with Crippen molar-refractivity contribution in [3.05, 3.63) is 29.3 Å². The summed E-state index contributed by atoms with van der Waals surface area (Å²) in [6.45, 7) is 2.01. The van der Waals surface area contributed by atoms with Gasteiger partial charge in [0.25, 0.3) is 0 Å². The van der Waals surface area contributed by atoms with E-state index in [-0.39, 0.29) is 0 Å². The summed E-state index contributed by atoms with van der Waals surface area (Å²) in [5.74, 6) is 1.17. The van der Waals surface area contributed by atoms with Crippen LogP contribution in [0.1, 0.15) is 30.4 Å². The van der Waals surface area contributed by atoms with Crippen LogP contribution < -0.4 is 10.1 Å². The Kier molecular flexibility index (Phi) is 2.83. The molecule has 2 heteroatoms. The van der Waals surface area contributed by atoms with Gasteiger partial charge in [0.2, 0.25) is 0 Å². The zero-order chi connectivity index (χ0) is 10.8. The summed E-state index contributed by atoms with van der Waals surface area (Å²) < 4.78 is 5.70. The molecule has 0 unspecified atom stereocenters. The number of nitrogens with one attached hydrogen (secondary N) is 1. The van der Waals surface area contributed by atoms with Gasteiger partial charge in [0.1, 0.15) is 5.75 Å². The molecule has 16 heavy (non-hydrogen) atoms. The average Bonchev–Trinajstić information content (AvgIpc) is 3.00. The fraction of sp³-hybridized carbons (Fsp3) is 0.571. The molecule has 1 aromatic rings. The molecule has 1 saturated carbocycles. The van der Waals surface area contributed by atoms with Crippen LogP contribution in [-0.4, -0.2) is 19.2 Å². The van der Waals surface area contributed by atoms with E-state index >= 15 is 0 Å². The Morgan fingerprint density at radius 1 is 1.31 bits per heavy atom. The molecule has 0 bridgehead atoms. The molecule has 0 spiro atoms. The van der Waals surface area contributed by atoms with Crippen molar-refractivity contribution in [1.82, 2.24) is 5.32 Å². The van der Waals surface area contributed by atoms with Gasteiger partial charge in [0, 0.05) is 12.5 Å². The van der Waals surface area contributed by atoms with E-state index in [9.17, 15) is 0 Å². The molecule has 1 fully saturated rings. The van der Waals surface area contributed by atoms with Gasteiger partial charge in [-0.1, -0.05) is 18.2 Å². The van der Waals surface area contributed by atoms with Crippen LogP contribution in [0.5, 0.6) is 5.75 Å². The predicted molar refractivity (Wildman–Crippen MR) is 65.0 cm³/mol. The first-order valence-electron chi connectivity index (χ1n) is 6.40. The molecule has 0 aromatic heterocycles. The summed E-state index contributed by atoms with van der Waals surface area (Å²) in [5.41, 5.74) is 2.79. The number of hydrogen-bond acceptors (Lipinski definition) is 2. The monoisotopic (exact) mass is 217 g/mol. The number of rotatable bonds is 5. The third-order valence-electron chi connectivity index (χ3n) is 3.43. The maximum Gasteiger partial charge on any atom is 0.125 e. The molecule has 1 aliphatic carbocycles. The van der Waals surface area contributed by atoms with Crippen molar-refractivity contribution >= 4 is 0 Å². The minimum absolute atomic E-state index is 0.831. The molecule has 2 nitrogen and oxygen atoms in total. The summed E-state index contributed by atoms with van der Waals surface area (Å²) in [5, 5.41) is 3.55. The number of benzene rings is 1. The van der Waals surface area contributed by atoms with Crippen LogP contribution in [0.25, 0.3) is 0 Å². The number of ether oxygens (including phenoxy) is 1. The Labute approximate surface area is 97.0 Å². The van der Waals surface area contributed by atoms with E-state index in [4.69, 9.17) is 4.74 Å². The van der Waals surface area contributed by atoms with Gasteiger partial charge >= 0.3 is 0 Å². The van der Waals surface area contributed by atoms with Crippen molar-refractivity contribution in [3.8, 4) is 5.75 Å². The highest BCUT2D eigenvalue weighted by atomic mass is 16.5. The van der Waals surface area contributed by atoms with E-state index in [1.165, 1.54) is 36.1 Å². The molecule has 0 amide bonds. The fourth-order valence-electron chi connectivity index (χ4n) is 2.35. The highest BCUT2D eigenvalue weighted by Crippen LogP contribution is 2.30. The molecule has 0 atom stereocenters. The van der Waals surface area contributed by atoms with Crippen molar-refractivity contribution < 1.29 is 4.74 Å². The first-order valence-corrected chi connectivity index (χ1v) is 6.40. The van der Waals surface area contributed by atoms with Crippen LogP contribution in [0.2, 0.25) is 0 Å². The van der Waals surface area contributed by atoms with Gasteiger partial charge in [-0.3, -0.25) is 0 Å². The summed E-state index contributed by atoms with van der Waals surface area (Å²) in [6, 6.07) is 7.39. The average molecular weight is 217 g/mol. The normalized spacial score (nSPS) is 18.2. The van der Waals surface area contributed by atoms with Gasteiger partial charge in [-0.15, -0.1) is 0 Å². The van der Waals surface area contributed by atoms with Crippen molar-refractivity contribution in [2.45, 2.75) is 38.1 Å². The second kappa shape index (κ2) is 4.46. The molecule has 0 radical (unpaired) electrons.